The van der Waals surface area contributed by atoms with Gasteiger partial charge in [0.05, 0.1) is 16.0 Å². The Morgan fingerprint density at radius 3 is 2.55 bits per heavy atom. The quantitative estimate of drug-likeness (QED) is 0.303. The summed E-state index contributed by atoms with van der Waals surface area (Å²) in [7, 11) is 0. The number of nitrogens with one attached hydrogen (secondary N) is 4. The van der Waals surface area contributed by atoms with Gasteiger partial charge in [-0.3, -0.25) is 19.7 Å². The van der Waals surface area contributed by atoms with Gasteiger partial charge in [-0.15, -0.1) is 0 Å². The Balaban J connectivity index is 1.66. The molecule has 148 valence electrons. The van der Waals surface area contributed by atoms with E-state index in [1.54, 1.807) is 24.3 Å². The summed E-state index contributed by atoms with van der Waals surface area (Å²) in [6.07, 6.45) is 1.16. The fraction of sp³-hybridized carbons (Fsp3) is 0.211. The monoisotopic (exact) mass is 395 g/mol. The Bertz CT molecular complexity index is 1230. The van der Waals surface area contributed by atoms with E-state index >= 15 is 0 Å². The summed E-state index contributed by atoms with van der Waals surface area (Å²) >= 11 is 0. The van der Waals surface area contributed by atoms with Gasteiger partial charge in [0.2, 0.25) is 0 Å². The number of amides is 2. The van der Waals surface area contributed by atoms with Crippen LogP contribution in [-0.4, -0.2) is 27.0 Å². The van der Waals surface area contributed by atoms with Gasteiger partial charge in [-0.1, -0.05) is 18.2 Å². The third-order valence-corrected chi connectivity index (χ3v) is 4.98. The number of carbonyl (C=O) groups excluding carboxylic acids is 1. The Hall–Kier alpha value is -3.95. The minimum Gasteiger partial charge on any atom is -0.335 e. The highest BCUT2D eigenvalue weighted by molar-refractivity contribution is 5.89. The molecule has 2 amide bonds. The van der Waals surface area contributed by atoms with Gasteiger partial charge in [-0.05, 0) is 37.0 Å². The summed E-state index contributed by atoms with van der Waals surface area (Å²) in [5.74, 6) is 0. The van der Waals surface area contributed by atoms with Crippen molar-refractivity contribution >= 4 is 28.4 Å². The highest BCUT2D eigenvalue weighted by Gasteiger charge is 2.29. The Morgan fingerprint density at radius 1 is 1.10 bits per heavy atom. The van der Waals surface area contributed by atoms with Crippen LogP contribution in [0.5, 0.6) is 0 Å². The minimum atomic E-state index is -0.875. The highest BCUT2D eigenvalue weighted by Crippen LogP contribution is 2.34. The number of hydrogen-bond acceptors (Lipinski definition) is 5. The maximum atomic E-state index is 12.3. The van der Waals surface area contributed by atoms with Crippen LogP contribution in [-0.2, 0) is 12.8 Å². The average Bonchev–Trinajstić information content (AvgIpc) is 2.69. The number of benzene rings is 2. The molecule has 10 heteroatoms. The first-order chi connectivity index (χ1) is 13.9. The summed E-state index contributed by atoms with van der Waals surface area (Å²) in [5, 5.41) is 17.1. The molecule has 0 bridgehead atoms. The topological polar surface area (TPSA) is 150 Å². The van der Waals surface area contributed by atoms with E-state index in [9.17, 15) is 24.5 Å². The summed E-state index contributed by atoms with van der Waals surface area (Å²) in [5.41, 5.74) is 0.432. The van der Waals surface area contributed by atoms with Crippen LogP contribution in [0, 0.1) is 10.1 Å². The summed E-state index contributed by atoms with van der Waals surface area (Å²) in [6.45, 7) is 0. The number of nitro groups is 1. The van der Waals surface area contributed by atoms with Crippen LogP contribution in [0.25, 0.3) is 11.0 Å². The lowest BCUT2D eigenvalue weighted by atomic mass is 9.86. The van der Waals surface area contributed by atoms with Crippen molar-refractivity contribution in [3.05, 3.63) is 78.3 Å². The maximum absolute atomic E-state index is 12.3. The molecule has 10 nitrogen and oxygen atoms in total. The number of carbonyl (C=O) groups is 1. The molecule has 0 saturated carbocycles. The number of urea groups is 1. The van der Waals surface area contributed by atoms with Crippen molar-refractivity contribution in [1.82, 2.24) is 15.3 Å². The molecule has 1 aliphatic carbocycles. The van der Waals surface area contributed by atoms with Gasteiger partial charge >= 0.3 is 17.1 Å². The van der Waals surface area contributed by atoms with Crippen molar-refractivity contribution < 1.29 is 9.72 Å². The lowest BCUT2D eigenvalue weighted by molar-refractivity contribution is -0.385. The molecule has 2 aromatic carbocycles. The molecule has 4 rings (SSSR count). The van der Waals surface area contributed by atoms with Gasteiger partial charge in [0.15, 0.2) is 0 Å². The van der Waals surface area contributed by atoms with Crippen LogP contribution in [0.1, 0.15) is 17.5 Å². The van der Waals surface area contributed by atoms with Crippen molar-refractivity contribution in [2.45, 2.75) is 25.3 Å². The van der Waals surface area contributed by atoms with Crippen molar-refractivity contribution in [2.24, 2.45) is 0 Å². The van der Waals surface area contributed by atoms with Gasteiger partial charge in [0, 0.05) is 23.4 Å². The lowest BCUT2D eigenvalue weighted by Crippen LogP contribution is -2.41. The fourth-order valence-corrected chi connectivity index (χ4v) is 3.69. The zero-order valence-corrected chi connectivity index (χ0v) is 15.2. The lowest BCUT2D eigenvalue weighted by Gasteiger charge is -2.26. The summed E-state index contributed by atoms with van der Waals surface area (Å²) in [6, 6.07) is 9.55. The average molecular weight is 395 g/mol. The predicted octanol–water partition coefficient (Wildman–Crippen LogP) is 1.80. The van der Waals surface area contributed by atoms with Crippen LogP contribution in [0.4, 0.5) is 16.2 Å². The van der Waals surface area contributed by atoms with E-state index in [-0.39, 0.29) is 29.7 Å². The first-order valence-corrected chi connectivity index (χ1v) is 9.00. The van der Waals surface area contributed by atoms with Crippen molar-refractivity contribution in [3.8, 4) is 0 Å². The van der Waals surface area contributed by atoms with E-state index < -0.39 is 16.0 Å². The molecule has 1 atom stereocenters. The number of hydrogen-bond donors (Lipinski definition) is 4. The van der Waals surface area contributed by atoms with Gasteiger partial charge in [-0.2, -0.15) is 0 Å². The molecule has 0 aliphatic heterocycles. The number of anilines is 1. The standard InChI is InChI=1S/C19H17N5O5/c25-17-18(26)23-16-13-8-11(21-19(27)20-10-4-2-1-3-5-10)6-7-12(13)15(24(28)29)9-14(16)22-17/h1-5,9,11H,6-8H2,(H,22,25)(H,23,26)(H2,20,21,27). The number of para-hydroxylation sites is 1. The van der Waals surface area contributed by atoms with E-state index in [4.69, 9.17) is 0 Å². The largest absolute Gasteiger partial charge is 0.335 e. The molecule has 4 N–H and O–H groups in total. The van der Waals surface area contributed by atoms with Gasteiger partial charge in [0.25, 0.3) is 5.69 Å². The van der Waals surface area contributed by atoms with Crippen LogP contribution in [0.2, 0.25) is 0 Å². The Labute approximate surface area is 163 Å². The van der Waals surface area contributed by atoms with Crippen molar-refractivity contribution in [1.29, 1.82) is 0 Å². The van der Waals surface area contributed by atoms with E-state index in [1.165, 1.54) is 6.07 Å². The molecule has 0 spiro atoms. The first kappa shape index (κ1) is 18.4. The molecule has 0 saturated heterocycles. The zero-order valence-electron chi connectivity index (χ0n) is 15.2. The molecule has 29 heavy (non-hydrogen) atoms. The first-order valence-electron chi connectivity index (χ1n) is 9.00. The fourth-order valence-electron chi connectivity index (χ4n) is 3.69. The minimum absolute atomic E-state index is 0.109. The second-order valence-electron chi connectivity index (χ2n) is 6.84. The maximum Gasteiger partial charge on any atom is 0.319 e. The highest BCUT2D eigenvalue weighted by atomic mass is 16.6. The molecule has 3 aromatic rings. The number of H-pyrrole nitrogens is 2. The number of aromatic amines is 2. The smallest absolute Gasteiger partial charge is 0.319 e. The third kappa shape index (κ3) is 3.59. The number of nitrogens with zero attached hydrogens (tertiary/aromatic N) is 1. The number of rotatable bonds is 3. The molecule has 1 aliphatic rings. The Morgan fingerprint density at radius 2 is 1.83 bits per heavy atom. The van der Waals surface area contributed by atoms with Crippen LogP contribution in [0.15, 0.2) is 46.0 Å². The number of fused-ring (bicyclic) bond motifs is 3. The second-order valence-corrected chi connectivity index (χ2v) is 6.84. The van der Waals surface area contributed by atoms with Crippen molar-refractivity contribution in [3.63, 3.8) is 0 Å². The normalized spacial score (nSPS) is 15.5. The number of aromatic nitrogens is 2. The van der Waals surface area contributed by atoms with Crippen LogP contribution in [0.3, 0.4) is 0 Å². The summed E-state index contributed by atoms with van der Waals surface area (Å²) in [4.78, 5) is 51.6. The predicted molar refractivity (Wildman–Crippen MR) is 106 cm³/mol. The molecular formula is C19H17N5O5. The number of nitro benzene ring substituents is 1. The Kier molecular flexibility index (Phi) is 4.59. The molecule has 1 unspecified atom stereocenters. The van der Waals surface area contributed by atoms with Gasteiger partial charge < -0.3 is 20.6 Å². The van der Waals surface area contributed by atoms with Crippen LogP contribution < -0.4 is 21.8 Å². The third-order valence-electron chi connectivity index (χ3n) is 4.98. The molecule has 1 heterocycles. The molecule has 1 aromatic heterocycles. The van der Waals surface area contributed by atoms with Gasteiger partial charge in [-0.25, -0.2) is 4.79 Å². The van der Waals surface area contributed by atoms with Crippen molar-refractivity contribution in [2.75, 3.05) is 5.32 Å². The molecule has 0 radical (unpaired) electrons. The summed E-state index contributed by atoms with van der Waals surface area (Å²) < 4.78 is 0. The zero-order chi connectivity index (χ0) is 20.5. The second kappa shape index (κ2) is 7.23. The van der Waals surface area contributed by atoms with Gasteiger partial charge in [0.1, 0.15) is 0 Å². The van der Waals surface area contributed by atoms with Crippen LogP contribution >= 0.6 is 0 Å². The van der Waals surface area contributed by atoms with E-state index in [0.29, 0.717) is 35.2 Å². The SMILES string of the molecule is O=C(Nc1ccccc1)NC1CCc2c([N+](=O)[O-])cc3[nH]c(=O)c(=O)[nH]c3c2C1. The molecule has 0 fully saturated rings. The molecular weight excluding hydrogens is 378 g/mol. The van der Waals surface area contributed by atoms with E-state index in [2.05, 4.69) is 20.6 Å². The van der Waals surface area contributed by atoms with E-state index in [1.807, 2.05) is 6.07 Å². The van der Waals surface area contributed by atoms with E-state index in [0.717, 1.165) is 0 Å².